The van der Waals surface area contributed by atoms with Crippen molar-refractivity contribution in [3.8, 4) is 0 Å². The number of carbonyl (C=O) groups is 1. The zero-order valence-electron chi connectivity index (χ0n) is 13.1. The molecule has 1 atom stereocenters. The molecule has 6 nitrogen and oxygen atoms in total. The fraction of sp³-hybridized carbons (Fsp3) is 0.643. The van der Waals surface area contributed by atoms with Gasteiger partial charge in [0.2, 0.25) is 0 Å². The maximum absolute atomic E-state index is 13.0. The van der Waals surface area contributed by atoms with E-state index in [1.54, 1.807) is 20.8 Å². The molecule has 1 aromatic rings. The lowest BCUT2D eigenvalue weighted by Gasteiger charge is -2.22. The number of nitrogens with one attached hydrogen (secondary N) is 2. The van der Waals surface area contributed by atoms with E-state index < -0.39 is 29.8 Å². The molecule has 9 heteroatoms. The van der Waals surface area contributed by atoms with Crippen LogP contribution in [0.3, 0.4) is 0 Å². The van der Waals surface area contributed by atoms with Gasteiger partial charge in [-0.2, -0.15) is 13.2 Å². The molecule has 2 N–H and O–H groups in total. The Morgan fingerprint density at radius 1 is 1.26 bits per heavy atom. The van der Waals surface area contributed by atoms with Crippen LogP contribution in [0.2, 0.25) is 0 Å². The highest BCUT2D eigenvalue weighted by Gasteiger charge is 2.49. The summed E-state index contributed by atoms with van der Waals surface area (Å²) in [4.78, 5) is 19.2. The number of ether oxygens (including phenoxy) is 1. The van der Waals surface area contributed by atoms with Gasteiger partial charge in [-0.3, -0.25) is 5.32 Å². The Morgan fingerprint density at radius 2 is 1.87 bits per heavy atom. The zero-order chi connectivity index (χ0) is 17.3. The number of carbonyl (C=O) groups excluding carboxylic acids is 1. The summed E-state index contributed by atoms with van der Waals surface area (Å²) in [6.07, 6.45) is -2.95. The summed E-state index contributed by atoms with van der Waals surface area (Å²) in [6, 6.07) is -0.405. The molecule has 2 rings (SSSR count). The van der Waals surface area contributed by atoms with Gasteiger partial charge in [-0.1, -0.05) is 0 Å². The standard InChI is InChI=1S/C14H19F3N4O2/c1-13(2,3)23-12(22)21-10-6-9(18-7-19-10)20-11(8-4-5-8)14(15,16)17/h6-8,11H,4-5H2,1-3H3,(H2,18,19,20,21,22). The van der Waals surface area contributed by atoms with Crippen molar-refractivity contribution in [3.63, 3.8) is 0 Å². The minimum absolute atomic E-state index is 0.000263. The maximum atomic E-state index is 13.0. The van der Waals surface area contributed by atoms with Gasteiger partial charge in [0.1, 0.15) is 29.6 Å². The Balaban J connectivity index is 2.03. The Bertz CT molecular complexity index is 568. The van der Waals surface area contributed by atoms with Crippen molar-refractivity contribution >= 4 is 17.7 Å². The molecular weight excluding hydrogens is 313 g/mol. The molecule has 1 unspecified atom stereocenters. The van der Waals surface area contributed by atoms with E-state index >= 15 is 0 Å². The lowest BCUT2D eigenvalue weighted by molar-refractivity contribution is -0.146. The van der Waals surface area contributed by atoms with Crippen LogP contribution in [0.15, 0.2) is 12.4 Å². The SMILES string of the molecule is CC(C)(C)OC(=O)Nc1cc(NC(C2CC2)C(F)(F)F)ncn1. The minimum atomic E-state index is -4.36. The third kappa shape index (κ3) is 5.57. The molecular formula is C14H19F3N4O2. The van der Waals surface area contributed by atoms with E-state index in [9.17, 15) is 18.0 Å². The van der Waals surface area contributed by atoms with Crippen LogP contribution in [0.4, 0.5) is 29.6 Å². The molecule has 1 amide bonds. The van der Waals surface area contributed by atoms with Gasteiger partial charge in [-0.25, -0.2) is 14.8 Å². The number of hydrogen-bond acceptors (Lipinski definition) is 5. The van der Waals surface area contributed by atoms with Crippen molar-refractivity contribution in [1.29, 1.82) is 0 Å². The van der Waals surface area contributed by atoms with Crippen LogP contribution in [0, 0.1) is 5.92 Å². The molecule has 128 valence electrons. The van der Waals surface area contributed by atoms with Crippen molar-refractivity contribution in [2.45, 2.75) is 51.4 Å². The van der Waals surface area contributed by atoms with Crippen molar-refractivity contribution in [2.75, 3.05) is 10.6 Å². The van der Waals surface area contributed by atoms with Gasteiger partial charge in [0.05, 0.1) is 0 Å². The van der Waals surface area contributed by atoms with Gasteiger partial charge in [-0.15, -0.1) is 0 Å². The van der Waals surface area contributed by atoms with Gasteiger partial charge in [-0.05, 0) is 39.5 Å². The number of nitrogens with zero attached hydrogens (tertiary/aromatic N) is 2. The average Bonchev–Trinajstić information content (AvgIpc) is 3.16. The number of anilines is 2. The molecule has 0 saturated heterocycles. The average molecular weight is 332 g/mol. The molecule has 1 aromatic heterocycles. The van der Waals surface area contributed by atoms with Crippen LogP contribution in [0.1, 0.15) is 33.6 Å². The van der Waals surface area contributed by atoms with E-state index in [0.717, 1.165) is 6.33 Å². The number of aromatic nitrogens is 2. The molecule has 0 radical (unpaired) electrons. The lowest BCUT2D eigenvalue weighted by atomic mass is 10.2. The number of alkyl halides is 3. The van der Waals surface area contributed by atoms with E-state index in [-0.39, 0.29) is 11.6 Å². The Kier molecular flexibility index (Phi) is 4.67. The highest BCUT2D eigenvalue weighted by molar-refractivity contribution is 5.84. The number of halogens is 3. The Morgan fingerprint density at radius 3 is 2.39 bits per heavy atom. The number of amides is 1. The van der Waals surface area contributed by atoms with E-state index in [4.69, 9.17) is 4.74 Å². The van der Waals surface area contributed by atoms with Crippen molar-refractivity contribution < 1.29 is 22.7 Å². The maximum Gasteiger partial charge on any atom is 0.413 e. The third-order valence-corrected chi connectivity index (χ3v) is 3.05. The summed E-state index contributed by atoms with van der Waals surface area (Å²) < 4.78 is 44.0. The van der Waals surface area contributed by atoms with Crippen molar-refractivity contribution in [2.24, 2.45) is 5.92 Å². The molecule has 0 bridgehead atoms. The summed E-state index contributed by atoms with van der Waals surface area (Å²) in [7, 11) is 0. The topological polar surface area (TPSA) is 76.1 Å². The van der Waals surface area contributed by atoms with Crippen LogP contribution in [-0.2, 0) is 4.74 Å². The van der Waals surface area contributed by atoms with Crippen LogP contribution in [0.25, 0.3) is 0 Å². The monoisotopic (exact) mass is 332 g/mol. The summed E-state index contributed by atoms with van der Waals surface area (Å²) >= 11 is 0. The summed E-state index contributed by atoms with van der Waals surface area (Å²) in [5.41, 5.74) is -0.689. The van der Waals surface area contributed by atoms with Gasteiger partial charge in [0.25, 0.3) is 0 Å². The largest absolute Gasteiger partial charge is 0.444 e. The van der Waals surface area contributed by atoms with Crippen LogP contribution in [-0.4, -0.2) is 33.9 Å². The molecule has 0 aromatic carbocycles. The van der Waals surface area contributed by atoms with Crippen LogP contribution < -0.4 is 10.6 Å². The smallest absolute Gasteiger partial charge is 0.413 e. The van der Waals surface area contributed by atoms with E-state index in [2.05, 4.69) is 20.6 Å². The normalized spacial score (nSPS) is 16.6. The van der Waals surface area contributed by atoms with Gasteiger partial charge < -0.3 is 10.1 Å². The quantitative estimate of drug-likeness (QED) is 0.881. The summed E-state index contributed by atoms with van der Waals surface area (Å²) in [6.45, 7) is 5.09. The van der Waals surface area contributed by atoms with E-state index in [0.29, 0.717) is 12.8 Å². The molecule has 1 aliphatic carbocycles. The first-order chi connectivity index (χ1) is 10.5. The Hall–Kier alpha value is -2.06. The summed E-state index contributed by atoms with van der Waals surface area (Å²) in [5.74, 6) is -0.374. The summed E-state index contributed by atoms with van der Waals surface area (Å²) in [5, 5.41) is 4.74. The predicted molar refractivity (Wildman–Crippen MR) is 78.1 cm³/mol. The van der Waals surface area contributed by atoms with Crippen LogP contribution >= 0.6 is 0 Å². The van der Waals surface area contributed by atoms with E-state index in [1.807, 2.05) is 0 Å². The third-order valence-electron chi connectivity index (χ3n) is 3.05. The molecule has 0 spiro atoms. The molecule has 23 heavy (non-hydrogen) atoms. The van der Waals surface area contributed by atoms with Crippen molar-refractivity contribution in [3.05, 3.63) is 12.4 Å². The van der Waals surface area contributed by atoms with Crippen molar-refractivity contribution in [1.82, 2.24) is 9.97 Å². The van der Waals surface area contributed by atoms with E-state index in [1.165, 1.54) is 6.07 Å². The van der Waals surface area contributed by atoms with Gasteiger partial charge >= 0.3 is 12.3 Å². The molecule has 1 fully saturated rings. The molecule has 1 heterocycles. The number of rotatable bonds is 4. The van der Waals surface area contributed by atoms with Gasteiger partial charge in [0.15, 0.2) is 0 Å². The first-order valence-corrected chi connectivity index (χ1v) is 7.20. The fourth-order valence-electron chi connectivity index (χ4n) is 1.97. The minimum Gasteiger partial charge on any atom is -0.444 e. The highest BCUT2D eigenvalue weighted by atomic mass is 19.4. The van der Waals surface area contributed by atoms with Crippen LogP contribution in [0.5, 0.6) is 0 Å². The first kappa shape index (κ1) is 17.3. The molecule has 1 saturated carbocycles. The second-order valence-electron chi connectivity index (χ2n) is 6.42. The lowest BCUT2D eigenvalue weighted by Crippen LogP contribution is -2.38. The second kappa shape index (κ2) is 6.21. The molecule has 0 aliphatic heterocycles. The first-order valence-electron chi connectivity index (χ1n) is 7.20. The Labute approximate surface area is 131 Å². The van der Waals surface area contributed by atoms with Gasteiger partial charge in [0, 0.05) is 6.07 Å². The zero-order valence-corrected chi connectivity index (χ0v) is 13.1. The second-order valence-corrected chi connectivity index (χ2v) is 6.42. The number of hydrogen-bond donors (Lipinski definition) is 2. The fourth-order valence-corrected chi connectivity index (χ4v) is 1.97. The highest BCUT2D eigenvalue weighted by Crippen LogP contribution is 2.41. The molecule has 1 aliphatic rings. The predicted octanol–water partition coefficient (Wildman–Crippen LogP) is 3.58.